The van der Waals surface area contributed by atoms with Crippen LogP contribution in [0.25, 0.3) is 0 Å². The highest BCUT2D eigenvalue weighted by atomic mass is 14.1. The van der Waals surface area contributed by atoms with Crippen molar-refractivity contribution in [3.8, 4) is 0 Å². The molecule has 0 unspecified atom stereocenters. The number of hydrogen-bond acceptors (Lipinski definition) is 0. The third-order valence-electron chi connectivity index (χ3n) is 3.35. The summed E-state index contributed by atoms with van der Waals surface area (Å²) in [5, 5.41) is 0. The second kappa shape index (κ2) is 6.20. The molecular formula is C18H20. The van der Waals surface area contributed by atoms with E-state index < -0.39 is 0 Å². The Morgan fingerprint density at radius 2 is 0.944 bits per heavy atom. The van der Waals surface area contributed by atoms with Gasteiger partial charge in [0.2, 0.25) is 0 Å². The molecule has 2 rings (SSSR count). The Kier molecular flexibility index (Phi) is 4.35. The lowest BCUT2D eigenvalue weighted by Crippen LogP contribution is -1.94. The smallest absolute Gasteiger partial charge is 0.00672 e. The van der Waals surface area contributed by atoms with E-state index in [1.807, 2.05) is 0 Å². The SMILES string of the molecule is C/C(Cc1ccccc1)=C(/C)Cc1ccccc1. The molecule has 0 aliphatic heterocycles. The summed E-state index contributed by atoms with van der Waals surface area (Å²) in [5.74, 6) is 0. The molecule has 0 aromatic heterocycles. The number of hydrogen-bond donors (Lipinski definition) is 0. The average molecular weight is 236 g/mol. The lowest BCUT2D eigenvalue weighted by atomic mass is 9.97. The van der Waals surface area contributed by atoms with E-state index >= 15 is 0 Å². The van der Waals surface area contributed by atoms with E-state index in [0.29, 0.717) is 0 Å². The molecule has 0 heterocycles. The Balaban J connectivity index is 2.06. The van der Waals surface area contributed by atoms with Crippen LogP contribution in [0.1, 0.15) is 25.0 Å². The zero-order valence-corrected chi connectivity index (χ0v) is 11.2. The summed E-state index contributed by atoms with van der Waals surface area (Å²) >= 11 is 0. The molecule has 0 fully saturated rings. The van der Waals surface area contributed by atoms with Crippen LogP contribution in [-0.4, -0.2) is 0 Å². The van der Waals surface area contributed by atoms with Crippen molar-refractivity contribution in [3.05, 3.63) is 82.9 Å². The van der Waals surface area contributed by atoms with E-state index in [9.17, 15) is 0 Å². The van der Waals surface area contributed by atoms with E-state index in [0.717, 1.165) is 12.8 Å². The molecule has 0 heteroatoms. The van der Waals surface area contributed by atoms with Gasteiger partial charge in [-0.25, -0.2) is 0 Å². The summed E-state index contributed by atoms with van der Waals surface area (Å²) in [4.78, 5) is 0. The quantitative estimate of drug-likeness (QED) is 0.668. The molecule has 92 valence electrons. The molecule has 0 aliphatic rings. The molecule has 2 aromatic carbocycles. The van der Waals surface area contributed by atoms with Gasteiger partial charge in [-0.1, -0.05) is 71.8 Å². The first-order chi connectivity index (χ1) is 8.75. The van der Waals surface area contributed by atoms with Crippen molar-refractivity contribution >= 4 is 0 Å². The minimum absolute atomic E-state index is 1.06. The Morgan fingerprint density at radius 3 is 1.28 bits per heavy atom. The van der Waals surface area contributed by atoms with Crippen LogP contribution in [-0.2, 0) is 12.8 Å². The van der Waals surface area contributed by atoms with Crippen molar-refractivity contribution in [1.82, 2.24) is 0 Å². The molecule has 0 N–H and O–H groups in total. The Hall–Kier alpha value is -1.82. The summed E-state index contributed by atoms with van der Waals surface area (Å²) in [5.41, 5.74) is 5.74. The van der Waals surface area contributed by atoms with Gasteiger partial charge in [0.05, 0.1) is 0 Å². The van der Waals surface area contributed by atoms with Gasteiger partial charge in [0.25, 0.3) is 0 Å². The third-order valence-corrected chi connectivity index (χ3v) is 3.35. The van der Waals surface area contributed by atoms with Crippen LogP contribution in [0.5, 0.6) is 0 Å². The molecular weight excluding hydrogens is 216 g/mol. The van der Waals surface area contributed by atoms with E-state index in [-0.39, 0.29) is 0 Å². The standard InChI is InChI=1S/C18H20/c1-15(13-17-9-5-3-6-10-17)16(2)14-18-11-7-4-8-12-18/h3-12H,13-14H2,1-2H3/b16-15+. The predicted molar refractivity (Wildman–Crippen MR) is 78.7 cm³/mol. The maximum Gasteiger partial charge on any atom is -0.00672 e. The summed E-state index contributed by atoms with van der Waals surface area (Å²) in [6, 6.07) is 21.3. The van der Waals surface area contributed by atoms with E-state index in [4.69, 9.17) is 0 Å². The fourth-order valence-corrected chi connectivity index (χ4v) is 2.11. The van der Waals surface area contributed by atoms with E-state index in [1.54, 1.807) is 0 Å². The molecule has 0 aliphatic carbocycles. The second-order valence-corrected chi connectivity index (χ2v) is 4.89. The fourth-order valence-electron chi connectivity index (χ4n) is 2.11. The molecule has 0 radical (unpaired) electrons. The van der Waals surface area contributed by atoms with Gasteiger partial charge in [-0.2, -0.15) is 0 Å². The molecule has 0 atom stereocenters. The molecule has 0 spiro atoms. The van der Waals surface area contributed by atoms with Gasteiger partial charge in [0, 0.05) is 0 Å². The molecule has 2 aromatic rings. The van der Waals surface area contributed by atoms with Crippen LogP contribution in [0.4, 0.5) is 0 Å². The Morgan fingerprint density at radius 1 is 0.611 bits per heavy atom. The van der Waals surface area contributed by atoms with E-state index in [1.165, 1.54) is 22.3 Å². The Labute approximate surface area is 110 Å². The topological polar surface area (TPSA) is 0 Å². The monoisotopic (exact) mass is 236 g/mol. The number of rotatable bonds is 4. The van der Waals surface area contributed by atoms with Gasteiger partial charge in [-0.3, -0.25) is 0 Å². The summed E-state index contributed by atoms with van der Waals surface area (Å²) in [6.45, 7) is 4.48. The predicted octanol–water partition coefficient (Wildman–Crippen LogP) is 4.81. The Bertz CT molecular complexity index is 457. The molecule has 0 nitrogen and oxygen atoms in total. The molecule has 18 heavy (non-hydrogen) atoms. The van der Waals surface area contributed by atoms with Crippen LogP contribution in [0, 0.1) is 0 Å². The van der Waals surface area contributed by atoms with Gasteiger partial charge >= 0.3 is 0 Å². The first-order valence-electron chi connectivity index (χ1n) is 6.49. The van der Waals surface area contributed by atoms with Crippen LogP contribution < -0.4 is 0 Å². The van der Waals surface area contributed by atoms with Crippen molar-refractivity contribution in [2.24, 2.45) is 0 Å². The van der Waals surface area contributed by atoms with Gasteiger partial charge in [0.1, 0.15) is 0 Å². The zero-order valence-electron chi connectivity index (χ0n) is 11.2. The lowest BCUT2D eigenvalue weighted by molar-refractivity contribution is 1.03. The first kappa shape index (κ1) is 12.6. The lowest BCUT2D eigenvalue weighted by Gasteiger charge is -2.08. The van der Waals surface area contributed by atoms with Gasteiger partial charge in [0.15, 0.2) is 0 Å². The van der Waals surface area contributed by atoms with Crippen molar-refractivity contribution in [2.75, 3.05) is 0 Å². The van der Waals surface area contributed by atoms with Gasteiger partial charge in [-0.05, 0) is 37.8 Å². The van der Waals surface area contributed by atoms with Crippen LogP contribution >= 0.6 is 0 Å². The minimum atomic E-state index is 1.06. The second-order valence-electron chi connectivity index (χ2n) is 4.89. The highest BCUT2D eigenvalue weighted by Gasteiger charge is 2.00. The normalized spacial score (nSPS) is 12.1. The largest absolute Gasteiger partial charge is 0.0697 e. The molecule has 0 saturated carbocycles. The maximum absolute atomic E-state index is 2.24. The van der Waals surface area contributed by atoms with E-state index in [2.05, 4.69) is 74.5 Å². The molecule has 0 amide bonds. The molecule has 0 bridgehead atoms. The van der Waals surface area contributed by atoms with Crippen LogP contribution in [0.15, 0.2) is 71.8 Å². The van der Waals surface area contributed by atoms with Crippen LogP contribution in [0.2, 0.25) is 0 Å². The van der Waals surface area contributed by atoms with Crippen molar-refractivity contribution in [3.63, 3.8) is 0 Å². The average Bonchev–Trinajstić information content (AvgIpc) is 2.41. The van der Waals surface area contributed by atoms with Gasteiger partial charge in [-0.15, -0.1) is 0 Å². The van der Waals surface area contributed by atoms with Crippen molar-refractivity contribution in [1.29, 1.82) is 0 Å². The highest BCUT2D eigenvalue weighted by molar-refractivity contribution is 5.27. The number of benzene rings is 2. The first-order valence-corrected chi connectivity index (χ1v) is 6.49. The maximum atomic E-state index is 2.24. The summed E-state index contributed by atoms with van der Waals surface area (Å²) in [7, 11) is 0. The minimum Gasteiger partial charge on any atom is -0.0697 e. The summed E-state index contributed by atoms with van der Waals surface area (Å²) in [6.07, 6.45) is 2.11. The van der Waals surface area contributed by atoms with Crippen LogP contribution in [0.3, 0.4) is 0 Å². The fraction of sp³-hybridized carbons (Fsp3) is 0.222. The van der Waals surface area contributed by atoms with Crippen molar-refractivity contribution < 1.29 is 0 Å². The third kappa shape index (κ3) is 3.59. The number of allylic oxidation sites excluding steroid dienone is 2. The molecule has 0 saturated heterocycles. The van der Waals surface area contributed by atoms with Gasteiger partial charge < -0.3 is 0 Å². The zero-order chi connectivity index (χ0) is 12.8. The van der Waals surface area contributed by atoms with Crippen molar-refractivity contribution in [2.45, 2.75) is 26.7 Å². The summed E-state index contributed by atoms with van der Waals surface area (Å²) < 4.78 is 0. The highest BCUT2D eigenvalue weighted by Crippen LogP contribution is 2.15.